The van der Waals surface area contributed by atoms with Crippen LogP contribution in [-0.4, -0.2) is 18.4 Å². The number of aryl methyl sites for hydroxylation is 2. The smallest absolute Gasteiger partial charge is 0.421 e. The lowest BCUT2D eigenvalue weighted by Gasteiger charge is -2.33. The Balaban J connectivity index is 2.27. The van der Waals surface area contributed by atoms with Crippen molar-refractivity contribution >= 4 is 0 Å². The highest BCUT2D eigenvalue weighted by molar-refractivity contribution is 5.47. The predicted octanol–water partition coefficient (Wildman–Crippen LogP) is 7.45. The monoisotopic (exact) mass is 466 g/mol. The molecule has 0 fully saturated rings. The van der Waals surface area contributed by atoms with Crippen molar-refractivity contribution in [3.8, 4) is 5.75 Å². The second-order valence-corrected chi connectivity index (χ2v) is 8.74. The Bertz CT molecular complexity index is 919. The van der Waals surface area contributed by atoms with Gasteiger partial charge >= 0.3 is 6.18 Å². The molecule has 2 unspecified atom stereocenters. The lowest BCUT2D eigenvalue weighted by molar-refractivity contribution is -0.266. The van der Waals surface area contributed by atoms with Gasteiger partial charge in [0.25, 0.3) is 0 Å². The highest BCUT2D eigenvalue weighted by Crippen LogP contribution is 2.45. The first-order chi connectivity index (χ1) is 15.5. The molecule has 0 heterocycles. The molecular formula is C27H34F4O2. The van der Waals surface area contributed by atoms with E-state index in [-0.39, 0.29) is 16.9 Å². The molecule has 0 saturated heterocycles. The molecule has 2 aromatic carbocycles. The Hall–Kier alpha value is -2.34. The van der Waals surface area contributed by atoms with E-state index in [0.717, 1.165) is 43.4 Å². The van der Waals surface area contributed by atoms with Gasteiger partial charge in [0.05, 0.1) is 7.11 Å². The summed E-state index contributed by atoms with van der Waals surface area (Å²) in [5.41, 5.74) is -1.82. The van der Waals surface area contributed by atoms with E-state index in [9.17, 15) is 22.7 Å². The zero-order valence-corrected chi connectivity index (χ0v) is 19.8. The average Bonchev–Trinajstić information content (AvgIpc) is 2.77. The van der Waals surface area contributed by atoms with E-state index in [2.05, 4.69) is 26.0 Å². The summed E-state index contributed by atoms with van der Waals surface area (Å²) < 4.78 is 60.8. The Morgan fingerprint density at radius 2 is 1.70 bits per heavy atom. The molecule has 0 aliphatic carbocycles. The third-order valence-electron chi connectivity index (χ3n) is 6.22. The number of methoxy groups -OCH3 is 1. The summed E-state index contributed by atoms with van der Waals surface area (Å²) in [5.74, 6) is 0.121. The molecule has 1 N–H and O–H groups in total. The molecule has 2 aromatic rings. The second kappa shape index (κ2) is 11.7. The summed E-state index contributed by atoms with van der Waals surface area (Å²) in [7, 11) is 1.29. The van der Waals surface area contributed by atoms with E-state index in [0.29, 0.717) is 17.9 Å². The molecule has 2 atom stereocenters. The van der Waals surface area contributed by atoms with Gasteiger partial charge in [-0.1, -0.05) is 44.6 Å². The van der Waals surface area contributed by atoms with Gasteiger partial charge in [0.2, 0.25) is 0 Å². The van der Waals surface area contributed by atoms with Crippen molar-refractivity contribution in [2.75, 3.05) is 7.11 Å². The van der Waals surface area contributed by atoms with Crippen molar-refractivity contribution < 1.29 is 27.4 Å². The largest absolute Gasteiger partial charge is 0.496 e. The van der Waals surface area contributed by atoms with E-state index in [1.54, 1.807) is 13.0 Å². The first-order valence-electron chi connectivity index (χ1n) is 11.4. The number of rotatable bonds is 11. The molecule has 2 rings (SSSR count). The maximum Gasteiger partial charge on any atom is 0.421 e. The summed E-state index contributed by atoms with van der Waals surface area (Å²) in [6.07, 6.45) is 3.28. The molecule has 0 aliphatic rings. The molecule has 0 aliphatic heterocycles. The number of halogens is 4. The summed E-state index contributed by atoms with van der Waals surface area (Å²) in [5, 5.41) is 10.9. The second-order valence-electron chi connectivity index (χ2n) is 8.74. The highest BCUT2D eigenvalue weighted by Gasteiger charge is 2.56. The van der Waals surface area contributed by atoms with Gasteiger partial charge in [-0.05, 0) is 79.5 Å². The summed E-state index contributed by atoms with van der Waals surface area (Å²) in [6.45, 7) is 6.14. The van der Waals surface area contributed by atoms with E-state index in [1.807, 2.05) is 0 Å². The minimum absolute atomic E-state index is 0.0155. The highest BCUT2D eigenvalue weighted by atomic mass is 19.4. The topological polar surface area (TPSA) is 29.5 Å². The van der Waals surface area contributed by atoms with Gasteiger partial charge in [0.1, 0.15) is 11.6 Å². The maximum absolute atomic E-state index is 14.1. The fourth-order valence-corrected chi connectivity index (χ4v) is 3.80. The number of aliphatic hydroxyl groups is 1. The van der Waals surface area contributed by atoms with Crippen LogP contribution in [0.15, 0.2) is 48.6 Å². The van der Waals surface area contributed by atoms with Crippen LogP contribution in [0, 0.1) is 18.7 Å². The van der Waals surface area contributed by atoms with Crippen LogP contribution in [0.4, 0.5) is 17.6 Å². The number of benzene rings is 2. The molecular weight excluding hydrogens is 432 g/mol. The maximum atomic E-state index is 14.1. The number of ether oxygens (including phenoxy) is 1. The van der Waals surface area contributed by atoms with Crippen molar-refractivity contribution in [1.82, 2.24) is 0 Å². The first kappa shape index (κ1) is 26.9. The van der Waals surface area contributed by atoms with E-state index >= 15 is 0 Å². The number of allylic oxidation sites excluding steroid dienone is 2. The lowest BCUT2D eigenvalue weighted by Crippen LogP contribution is -2.44. The zero-order valence-electron chi connectivity index (χ0n) is 19.8. The Kier molecular flexibility index (Phi) is 9.53. The molecule has 2 nitrogen and oxygen atoms in total. The standard InChI is InChI=1S/C27H34F4O2/c1-5-19(2)10-8-6-7-9-11-22-17-25(33-4)24(16-20(22)3)26(32,27(29,30)31)18-21-12-14-23(28)15-13-21/h6-7,12-17,19,32H,5,8-11,18H2,1-4H3/b7-6+. The molecule has 0 amide bonds. The predicted molar refractivity (Wildman–Crippen MR) is 124 cm³/mol. The van der Waals surface area contributed by atoms with Crippen LogP contribution in [0.5, 0.6) is 5.75 Å². The quantitative estimate of drug-likeness (QED) is 0.275. The zero-order chi connectivity index (χ0) is 24.6. The van der Waals surface area contributed by atoms with Crippen LogP contribution in [0.25, 0.3) is 0 Å². The summed E-state index contributed by atoms with van der Waals surface area (Å²) >= 11 is 0. The van der Waals surface area contributed by atoms with Crippen LogP contribution in [-0.2, 0) is 18.4 Å². The van der Waals surface area contributed by atoms with Crippen LogP contribution < -0.4 is 4.74 Å². The fourth-order valence-electron chi connectivity index (χ4n) is 3.80. The summed E-state index contributed by atoms with van der Waals surface area (Å²) in [4.78, 5) is 0. The Morgan fingerprint density at radius 1 is 1.06 bits per heavy atom. The first-order valence-corrected chi connectivity index (χ1v) is 11.4. The van der Waals surface area contributed by atoms with E-state index in [1.165, 1.54) is 25.3 Å². The average molecular weight is 467 g/mol. The Morgan fingerprint density at radius 3 is 2.27 bits per heavy atom. The molecule has 0 bridgehead atoms. The Labute approximate surface area is 194 Å². The summed E-state index contributed by atoms with van der Waals surface area (Å²) in [6, 6.07) is 7.58. The van der Waals surface area contributed by atoms with Crippen LogP contribution >= 0.6 is 0 Å². The van der Waals surface area contributed by atoms with Gasteiger partial charge in [-0.25, -0.2) is 4.39 Å². The van der Waals surface area contributed by atoms with E-state index < -0.39 is 24.0 Å². The van der Waals surface area contributed by atoms with Crippen LogP contribution in [0.2, 0.25) is 0 Å². The van der Waals surface area contributed by atoms with Gasteiger partial charge in [0, 0.05) is 12.0 Å². The van der Waals surface area contributed by atoms with Gasteiger partial charge < -0.3 is 9.84 Å². The lowest BCUT2D eigenvalue weighted by atomic mass is 9.84. The normalized spacial score (nSPS) is 14.9. The van der Waals surface area contributed by atoms with Gasteiger partial charge in [-0.3, -0.25) is 0 Å². The molecule has 0 spiro atoms. The molecule has 6 heteroatoms. The van der Waals surface area contributed by atoms with Crippen LogP contribution in [0.3, 0.4) is 0 Å². The van der Waals surface area contributed by atoms with Gasteiger partial charge in [-0.2, -0.15) is 13.2 Å². The molecule has 33 heavy (non-hydrogen) atoms. The van der Waals surface area contributed by atoms with Gasteiger partial charge in [-0.15, -0.1) is 0 Å². The molecule has 182 valence electrons. The van der Waals surface area contributed by atoms with Crippen molar-refractivity contribution in [1.29, 1.82) is 0 Å². The number of alkyl halides is 3. The van der Waals surface area contributed by atoms with Crippen molar-refractivity contribution in [2.45, 2.75) is 71.1 Å². The van der Waals surface area contributed by atoms with E-state index in [4.69, 9.17) is 4.74 Å². The van der Waals surface area contributed by atoms with Crippen LogP contribution in [0.1, 0.15) is 61.8 Å². The minimum Gasteiger partial charge on any atom is -0.496 e. The van der Waals surface area contributed by atoms with Crippen molar-refractivity contribution in [3.63, 3.8) is 0 Å². The molecule has 0 aromatic heterocycles. The fraction of sp³-hybridized carbons (Fsp3) is 0.481. The molecule has 0 saturated carbocycles. The number of hydrogen-bond acceptors (Lipinski definition) is 2. The third kappa shape index (κ3) is 7.07. The van der Waals surface area contributed by atoms with Crippen molar-refractivity contribution in [3.05, 3.63) is 76.6 Å². The SMILES string of the molecule is CCC(C)CC/C=C/CCc1cc(OC)c(C(O)(Cc2ccc(F)cc2)C(F)(F)F)cc1C. The molecule has 0 radical (unpaired) electrons. The van der Waals surface area contributed by atoms with Crippen molar-refractivity contribution in [2.24, 2.45) is 5.92 Å². The number of hydrogen-bond donors (Lipinski definition) is 1. The third-order valence-corrected chi connectivity index (χ3v) is 6.22. The minimum atomic E-state index is -4.96. The van der Waals surface area contributed by atoms with Gasteiger partial charge in [0.15, 0.2) is 5.60 Å².